The Bertz CT molecular complexity index is 679. The van der Waals surface area contributed by atoms with Gasteiger partial charge in [-0.2, -0.15) is 4.31 Å². The van der Waals surface area contributed by atoms with Crippen molar-refractivity contribution in [1.29, 1.82) is 0 Å². The number of aliphatic carboxylic acids is 1. The number of hydrogen-bond donors (Lipinski definition) is 1. The van der Waals surface area contributed by atoms with E-state index in [1.165, 1.54) is 6.92 Å². The molecule has 0 amide bonds. The lowest BCUT2D eigenvalue weighted by Gasteiger charge is -2.40. The van der Waals surface area contributed by atoms with Crippen molar-refractivity contribution in [3.05, 3.63) is 28.5 Å². The van der Waals surface area contributed by atoms with Crippen molar-refractivity contribution in [1.82, 2.24) is 4.31 Å². The molecule has 0 saturated carbocycles. The van der Waals surface area contributed by atoms with Gasteiger partial charge in [-0.25, -0.2) is 12.8 Å². The van der Waals surface area contributed by atoms with Crippen molar-refractivity contribution in [3.8, 4) is 0 Å². The molecular formula is C13H15BrFNO4S. The molecule has 8 heteroatoms. The molecule has 1 unspecified atom stereocenters. The molecule has 116 valence electrons. The van der Waals surface area contributed by atoms with Gasteiger partial charge in [-0.1, -0.05) is 0 Å². The van der Waals surface area contributed by atoms with Crippen molar-refractivity contribution >= 4 is 31.9 Å². The smallest absolute Gasteiger partial charge is 0.324 e. The van der Waals surface area contributed by atoms with Crippen LogP contribution < -0.4 is 0 Å². The summed E-state index contributed by atoms with van der Waals surface area (Å²) in [5, 5.41) is 9.41. The molecular weight excluding hydrogens is 365 g/mol. The second-order valence-electron chi connectivity index (χ2n) is 5.19. The van der Waals surface area contributed by atoms with Crippen LogP contribution in [0.2, 0.25) is 0 Å². The maximum Gasteiger partial charge on any atom is 0.324 e. The van der Waals surface area contributed by atoms with E-state index in [2.05, 4.69) is 15.9 Å². The van der Waals surface area contributed by atoms with E-state index in [1.54, 1.807) is 0 Å². The molecule has 1 aromatic carbocycles. The fourth-order valence-electron chi connectivity index (χ4n) is 2.50. The number of carbonyl (C=O) groups is 1. The second-order valence-corrected chi connectivity index (χ2v) is 7.87. The predicted octanol–water partition coefficient (Wildman–Crippen LogP) is 2.61. The summed E-state index contributed by atoms with van der Waals surface area (Å²) in [6.45, 7) is 1.54. The van der Waals surface area contributed by atoms with Crippen LogP contribution in [-0.4, -0.2) is 35.9 Å². The summed E-state index contributed by atoms with van der Waals surface area (Å²) >= 11 is 3.03. The van der Waals surface area contributed by atoms with Crippen molar-refractivity contribution < 1.29 is 22.7 Å². The summed E-state index contributed by atoms with van der Waals surface area (Å²) in [6, 6.07) is 3.24. The highest BCUT2D eigenvalue weighted by atomic mass is 79.9. The lowest BCUT2D eigenvalue weighted by molar-refractivity contribution is -0.149. The van der Waals surface area contributed by atoms with Gasteiger partial charge in [-0.15, -0.1) is 0 Å². The van der Waals surface area contributed by atoms with E-state index in [0.29, 0.717) is 12.8 Å². The van der Waals surface area contributed by atoms with Crippen LogP contribution in [0.1, 0.15) is 26.2 Å². The van der Waals surface area contributed by atoms with Gasteiger partial charge >= 0.3 is 5.97 Å². The highest BCUT2D eigenvalue weighted by Gasteiger charge is 2.48. The number of hydrogen-bond acceptors (Lipinski definition) is 3. The fourth-order valence-corrected chi connectivity index (χ4v) is 5.31. The third kappa shape index (κ3) is 2.84. The first-order valence-corrected chi connectivity index (χ1v) is 8.64. The average molecular weight is 380 g/mol. The van der Waals surface area contributed by atoms with Crippen molar-refractivity contribution in [3.63, 3.8) is 0 Å². The molecule has 1 N–H and O–H groups in total. The third-order valence-corrected chi connectivity index (χ3v) is 6.74. The number of carboxylic acid groups (broad SMARTS) is 1. The minimum absolute atomic E-state index is 0.0841. The van der Waals surface area contributed by atoms with E-state index >= 15 is 0 Å². The number of halogens is 2. The summed E-state index contributed by atoms with van der Waals surface area (Å²) in [7, 11) is -4.02. The Balaban J connectivity index is 2.53. The molecule has 1 atom stereocenters. The van der Waals surface area contributed by atoms with Crippen LogP contribution in [0.15, 0.2) is 27.6 Å². The summed E-state index contributed by atoms with van der Waals surface area (Å²) in [5.41, 5.74) is -1.48. The van der Waals surface area contributed by atoms with Crippen LogP contribution in [0.25, 0.3) is 0 Å². The Morgan fingerprint density at radius 2 is 2.10 bits per heavy atom. The predicted molar refractivity (Wildman–Crippen MR) is 77.9 cm³/mol. The number of sulfonamides is 1. The summed E-state index contributed by atoms with van der Waals surface area (Å²) in [5.74, 6) is -1.75. The van der Waals surface area contributed by atoms with Crippen molar-refractivity contribution in [2.24, 2.45) is 0 Å². The normalized spacial score (nSPS) is 24.0. The van der Waals surface area contributed by atoms with Crippen LogP contribution in [-0.2, 0) is 14.8 Å². The first kappa shape index (κ1) is 16.4. The van der Waals surface area contributed by atoms with Crippen molar-refractivity contribution in [2.75, 3.05) is 6.54 Å². The highest BCUT2D eigenvalue weighted by Crippen LogP contribution is 2.35. The molecule has 0 aliphatic carbocycles. The maximum absolute atomic E-state index is 13.1. The lowest BCUT2D eigenvalue weighted by atomic mass is 9.91. The molecule has 21 heavy (non-hydrogen) atoms. The van der Waals surface area contributed by atoms with E-state index < -0.39 is 27.3 Å². The van der Waals surface area contributed by atoms with Gasteiger partial charge in [0.05, 0.1) is 4.90 Å². The largest absolute Gasteiger partial charge is 0.480 e. The van der Waals surface area contributed by atoms with Crippen molar-refractivity contribution in [2.45, 2.75) is 36.6 Å². The number of nitrogens with zero attached hydrogens (tertiary/aromatic N) is 1. The Labute approximate surface area is 130 Å². The van der Waals surface area contributed by atoms with Gasteiger partial charge in [-0.3, -0.25) is 4.79 Å². The van der Waals surface area contributed by atoms with Gasteiger partial charge in [-0.05, 0) is 60.3 Å². The molecule has 0 spiro atoms. The van der Waals surface area contributed by atoms with Gasteiger partial charge in [0.15, 0.2) is 0 Å². The molecule has 1 heterocycles. The second kappa shape index (κ2) is 5.66. The molecule has 0 aromatic heterocycles. The van der Waals surface area contributed by atoms with E-state index in [-0.39, 0.29) is 22.3 Å². The zero-order valence-corrected chi connectivity index (χ0v) is 13.7. The Hall–Kier alpha value is -0.990. The number of piperidine rings is 1. The first-order chi connectivity index (χ1) is 9.69. The molecule has 2 rings (SSSR count). The van der Waals surface area contributed by atoms with Gasteiger partial charge in [0.2, 0.25) is 10.0 Å². The zero-order valence-electron chi connectivity index (χ0n) is 11.3. The molecule has 1 aromatic rings. The van der Waals surface area contributed by atoms with E-state index in [0.717, 1.165) is 22.5 Å². The van der Waals surface area contributed by atoms with Gasteiger partial charge < -0.3 is 5.11 Å². The fraction of sp³-hybridized carbons (Fsp3) is 0.462. The minimum Gasteiger partial charge on any atom is -0.480 e. The quantitative estimate of drug-likeness (QED) is 0.875. The van der Waals surface area contributed by atoms with Crippen LogP contribution in [0.5, 0.6) is 0 Å². The van der Waals surface area contributed by atoms with E-state index in [9.17, 15) is 22.7 Å². The monoisotopic (exact) mass is 379 g/mol. The first-order valence-electron chi connectivity index (χ1n) is 6.41. The third-order valence-electron chi connectivity index (χ3n) is 3.75. The zero-order chi connectivity index (χ0) is 15.8. The SMILES string of the molecule is CC1(C(=O)O)CCCCN1S(=O)(=O)c1ccc(F)cc1Br. The minimum atomic E-state index is -4.02. The molecule has 1 fully saturated rings. The molecule has 5 nitrogen and oxygen atoms in total. The molecule has 1 saturated heterocycles. The number of rotatable bonds is 3. The van der Waals surface area contributed by atoms with Crippen LogP contribution in [0, 0.1) is 5.82 Å². The van der Waals surface area contributed by atoms with E-state index in [4.69, 9.17) is 0 Å². The van der Waals surface area contributed by atoms with Crippen LogP contribution in [0.3, 0.4) is 0 Å². The number of carboxylic acids is 1. The molecule has 1 aliphatic rings. The lowest BCUT2D eigenvalue weighted by Crippen LogP contribution is -2.57. The maximum atomic E-state index is 13.1. The highest BCUT2D eigenvalue weighted by molar-refractivity contribution is 9.10. The summed E-state index contributed by atoms with van der Waals surface area (Å²) in [6.07, 6.45) is 1.50. The van der Waals surface area contributed by atoms with Crippen LogP contribution >= 0.6 is 15.9 Å². The van der Waals surface area contributed by atoms with E-state index in [1.807, 2.05) is 0 Å². The molecule has 0 bridgehead atoms. The van der Waals surface area contributed by atoms with Crippen LogP contribution in [0.4, 0.5) is 4.39 Å². The molecule has 0 radical (unpaired) electrons. The Morgan fingerprint density at radius 3 is 2.67 bits per heavy atom. The molecule has 1 aliphatic heterocycles. The summed E-state index contributed by atoms with van der Waals surface area (Å²) < 4.78 is 39.7. The topological polar surface area (TPSA) is 74.7 Å². The Kier molecular flexibility index (Phi) is 4.41. The van der Waals surface area contributed by atoms with Gasteiger partial charge in [0, 0.05) is 11.0 Å². The number of benzene rings is 1. The standard InChI is InChI=1S/C13H15BrFNO4S/c1-13(12(17)18)6-2-3-7-16(13)21(19,20)11-5-4-9(15)8-10(11)14/h4-5,8H,2-3,6-7H2,1H3,(H,17,18). The van der Waals surface area contributed by atoms with Gasteiger partial charge in [0.1, 0.15) is 11.4 Å². The average Bonchev–Trinajstić information content (AvgIpc) is 2.38. The summed E-state index contributed by atoms with van der Waals surface area (Å²) in [4.78, 5) is 11.4. The Morgan fingerprint density at radius 1 is 1.43 bits per heavy atom. The van der Waals surface area contributed by atoms with Gasteiger partial charge in [0.25, 0.3) is 0 Å².